The second-order valence-corrected chi connectivity index (χ2v) is 5.36. The number of fused-ring (bicyclic) bond motifs is 1. The summed E-state index contributed by atoms with van der Waals surface area (Å²) in [5.74, 6) is 0.911. The molecule has 1 aromatic rings. The molecule has 5 heteroatoms. The Hall–Kier alpha value is -2.04. The van der Waals surface area contributed by atoms with Crippen LogP contribution in [-0.2, 0) is 4.79 Å². The summed E-state index contributed by atoms with van der Waals surface area (Å²) in [5, 5.41) is 2.65. The maximum Gasteiger partial charge on any atom is 0.257 e. The van der Waals surface area contributed by atoms with E-state index in [0.29, 0.717) is 30.0 Å². The lowest BCUT2D eigenvalue weighted by atomic mass is 9.93. The number of nitrogens with one attached hydrogen (secondary N) is 1. The summed E-state index contributed by atoms with van der Waals surface area (Å²) in [5.41, 5.74) is 0.0529. The van der Waals surface area contributed by atoms with Crippen molar-refractivity contribution in [1.29, 1.82) is 0 Å². The molecular weight excluding hydrogens is 258 g/mol. The lowest BCUT2D eigenvalue weighted by Gasteiger charge is -2.31. The van der Waals surface area contributed by atoms with Crippen molar-refractivity contribution in [2.75, 3.05) is 13.2 Å². The molecule has 0 atom stereocenters. The summed E-state index contributed by atoms with van der Waals surface area (Å²) in [6.07, 6.45) is 0.360. The van der Waals surface area contributed by atoms with E-state index in [0.717, 1.165) is 0 Å². The average molecular weight is 277 g/mol. The lowest BCUT2D eigenvalue weighted by molar-refractivity contribution is -0.123. The molecule has 0 saturated heterocycles. The zero-order valence-electron chi connectivity index (χ0n) is 12.0. The Kier molecular flexibility index (Phi) is 3.97. The van der Waals surface area contributed by atoms with Gasteiger partial charge in [0.2, 0.25) is 0 Å². The van der Waals surface area contributed by atoms with Crippen LogP contribution in [0.4, 0.5) is 0 Å². The second kappa shape index (κ2) is 5.53. The van der Waals surface area contributed by atoms with E-state index in [1.165, 1.54) is 0 Å². The van der Waals surface area contributed by atoms with Crippen LogP contribution in [0.25, 0.3) is 0 Å². The fourth-order valence-corrected chi connectivity index (χ4v) is 2.12. The maximum atomic E-state index is 12.0. The fraction of sp³-hybridized carbons (Fsp3) is 0.467. The van der Waals surface area contributed by atoms with Crippen molar-refractivity contribution in [3.8, 4) is 11.5 Å². The van der Waals surface area contributed by atoms with E-state index in [1.54, 1.807) is 18.2 Å². The van der Waals surface area contributed by atoms with Crippen LogP contribution < -0.4 is 14.8 Å². The SMILES string of the molecule is CCNC(=O)COc1ccc2c(c1)OC(C)(C)CC2=O. The molecule has 1 heterocycles. The van der Waals surface area contributed by atoms with E-state index < -0.39 is 5.60 Å². The molecule has 20 heavy (non-hydrogen) atoms. The molecule has 0 aliphatic carbocycles. The molecule has 1 aliphatic rings. The molecule has 0 fully saturated rings. The Bertz CT molecular complexity index is 537. The molecular formula is C15H19NO4. The number of benzene rings is 1. The summed E-state index contributed by atoms with van der Waals surface area (Å²) in [6, 6.07) is 5.02. The van der Waals surface area contributed by atoms with Crippen LogP contribution in [0.15, 0.2) is 18.2 Å². The van der Waals surface area contributed by atoms with Gasteiger partial charge >= 0.3 is 0 Å². The highest BCUT2D eigenvalue weighted by Gasteiger charge is 2.32. The maximum absolute atomic E-state index is 12.0. The molecule has 1 aromatic carbocycles. The molecule has 0 saturated carbocycles. The van der Waals surface area contributed by atoms with Crippen LogP contribution in [0.2, 0.25) is 0 Å². The minimum Gasteiger partial charge on any atom is -0.486 e. The van der Waals surface area contributed by atoms with Gasteiger partial charge in [0.05, 0.1) is 12.0 Å². The Balaban J connectivity index is 2.11. The third-order valence-corrected chi connectivity index (χ3v) is 2.97. The number of carbonyl (C=O) groups is 2. The van der Waals surface area contributed by atoms with Crippen molar-refractivity contribution in [2.45, 2.75) is 32.8 Å². The highest BCUT2D eigenvalue weighted by molar-refractivity contribution is 6.00. The molecule has 108 valence electrons. The zero-order chi connectivity index (χ0) is 14.8. The highest BCUT2D eigenvalue weighted by Crippen LogP contribution is 2.35. The Labute approximate surface area is 118 Å². The van der Waals surface area contributed by atoms with E-state index in [2.05, 4.69) is 5.32 Å². The van der Waals surface area contributed by atoms with E-state index in [-0.39, 0.29) is 18.3 Å². The first-order valence-corrected chi connectivity index (χ1v) is 6.67. The van der Waals surface area contributed by atoms with Gasteiger partial charge in [-0.2, -0.15) is 0 Å². The number of hydrogen-bond acceptors (Lipinski definition) is 4. The summed E-state index contributed by atoms with van der Waals surface area (Å²) in [4.78, 5) is 23.3. The van der Waals surface area contributed by atoms with Crippen LogP contribution in [0, 0.1) is 0 Å². The first-order chi connectivity index (χ1) is 9.41. The summed E-state index contributed by atoms with van der Waals surface area (Å²) >= 11 is 0. The highest BCUT2D eigenvalue weighted by atomic mass is 16.5. The van der Waals surface area contributed by atoms with Gasteiger partial charge in [-0.15, -0.1) is 0 Å². The number of amides is 1. The standard InChI is InChI=1S/C15H19NO4/c1-4-16-14(18)9-19-10-5-6-11-12(17)8-15(2,3)20-13(11)7-10/h5-7H,4,8-9H2,1-3H3,(H,16,18). The first kappa shape index (κ1) is 14.4. The molecule has 5 nitrogen and oxygen atoms in total. The van der Waals surface area contributed by atoms with Gasteiger partial charge < -0.3 is 14.8 Å². The van der Waals surface area contributed by atoms with Crippen molar-refractivity contribution in [3.05, 3.63) is 23.8 Å². The predicted octanol–water partition coefficient (Wildman–Crippen LogP) is 1.95. The smallest absolute Gasteiger partial charge is 0.257 e. The molecule has 0 bridgehead atoms. The summed E-state index contributed by atoms with van der Waals surface area (Å²) < 4.78 is 11.2. The van der Waals surface area contributed by atoms with Gasteiger partial charge in [-0.1, -0.05) is 0 Å². The number of rotatable bonds is 4. The van der Waals surface area contributed by atoms with Gasteiger partial charge in [-0.05, 0) is 32.9 Å². The van der Waals surface area contributed by atoms with E-state index in [1.807, 2.05) is 20.8 Å². The van der Waals surface area contributed by atoms with Gasteiger partial charge in [0.25, 0.3) is 5.91 Å². The molecule has 0 aromatic heterocycles. The number of ketones is 1. The monoisotopic (exact) mass is 277 g/mol. The quantitative estimate of drug-likeness (QED) is 0.913. The minimum absolute atomic E-state index is 0.0516. The van der Waals surface area contributed by atoms with Crippen molar-refractivity contribution >= 4 is 11.7 Å². The molecule has 2 rings (SSSR count). The topological polar surface area (TPSA) is 64.6 Å². The largest absolute Gasteiger partial charge is 0.486 e. The van der Waals surface area contributed by atoms with E-state index in [4.69, 9.17) is 9.47 Å². The van der Waals surface area contributed by atoms with Gasteiger partial charge in [-0.25, -0.2) is 0 Å². The third kappa shape index (κ3) is 3.29. The molecule has 0 radical (unpaired) electrons. The molecule has 0 unspecified atom stereocenters. The summed E-state index contributed by atoms with van der Waals surface area (Å²) in [7, 11) is 0. The Morgan fingerprint density at radius 2 is 2.20 bits per heavy atom. The Morgan fingerprint density at radius 1 is 1.45 bits per heavy atom. The van der Waals surface area contributed by atoms with E-state index in [9.17, 15) is 9.59 Å². The third-order valence-electron chi connectivity index (χ3n) is 2.97. The number of Topliss-reactive ketones (excluding diaryl/α,β-unsaturated/α-hetero) is 1. The van der Waals surface area contributed by atoms with Crippen molar-refractivity contribution in [2.24, 2.45) is 0 Å². The predicted molar refractivity (Wildman–Crippen MR) is 74.3 cm³/mol. The second-order valence-electron chi connectivity index (χ2n) is 5.36. The van der Waals surface area contributed by atoms with Crippen LogP contribution >= 0.6 is 0 Å². The van der Waals surface area contributed by atoms with Crippen LogP contribution in [0.5, 0.6) is 11.5 Å². The zero-order valence-corrected chi connectivity index (χ0v) is 12.0. The van der Waals surface area contributed by atoms with Gasteiger partial charge in [-0.3, -0.25) is 9.59 Å². The van der Waals surface area contributed by atoms with Crippen LogP contribution in [-0.4, -0.2) is 30.4 Å². The first-order valence-electron chi connectivity index (χ1n) is 6.67. The van der Waals surface area contributed by atoms with Gasteiger partial charge in [0.1, 0.15) is 17.1 Å². The summed E-state index contributed by atoms with van der Waals surface area (Å²) in [6.45, 7) is 6.10. The van der Waals surface area contributed by atoms with Crippen molar-refractivity contribution in [1.82, 2.24) is 5.32 Å². The Morgan fingerprint density at radius 3 is 2.90 bits per heavy atom. The molecule has 1 N–H and O–H groups in total. The molecule has 1 aliphatic heterocycles. The number of ether oxygens (including phenoxy) is 2. The van der Waals surface area contributed by atoms with Crippen LogP contribution in [0.3, 0.4) is 0 Å². The van der Waals surface area contributed by atoms with Crippen LogP contribution in [0.1, 0.15) is 37.6 Å². The average Bonchev–Trinajstić information content (AvgIpc) is 2.34. The van der Waals surface area contributed by atoms with Gasteiger partial charge in [0, 0.05) is 12.6 Å². The number of hydrogen-bond donors (Lipinski definition) is 1. The van der Waals surface area contributed by atoms with Crippen molar-refractivity contribution < 1.29 is 19.1 Å². The minimum atomic E-state index is -0.512. The molecule has 1 amide bonds. The lowest BCUT2D eigenvalue weighted by Crippen LogP contribution is -2.35. The van der Waals surface area contributed by atoms with Crippen molar-refractivity contribution in [3.63, 3.8) is 0 Å². The normalized spacial score (nSPS) is 16.1. The number of carbonyl (C=O) groups excluding carboxylic acids is 2. The van der Waals surface area contributed by atoms with E-state index >= 15 is 0 Å². The molecule has 0 spiro atoms. The van der Waals surface area contributed by atoms with Gasteiger partial charge in [0.15, 0.2) is 12.4 Å². The fourth-order valence-electron chi connectivity index (χ4n) is 2.12. The number of likely N-dealkylation sites (N-methyl/N-ethyl adjacent to an activating group) is 1.